The number of nitrogens with zero attached hydrogens (tertiary/aromatic N) is 1. The van der Waals surface area contributed by atoms with Gasteiger partial charge < -0.3 is 5.32 Å². The zero-order valence-electron chi connectivity index (χ0n) is 15.3. The summed E-state index contributed by atoms with van der Waals surface area (Å²) in [5.74, 6) is 0.716. The fraction of sp³-hybridized carbons (Fsp3) is 0.364. The molecule has 0 spiro atoms. The van der Waals surface area contributed by atoms with Crippen molar-refractivity contribution in [2.75, 3.05) is 0 Å². The van der Waals surface area contributed by atoms with Crippen LogP contribution in [-0.4, -0.2) is 27.6 Å². The van der Waals surface area contributed by atoms with Gasteiger partial charge in [-0.15, -0.1) is 22.9 Å². The van der Waals surface area contributed by atoms with E-state index in [0.717, 1.165) is 33.8 Å². The molecule has 144 valence electrons. The number of hydrogen-bond acceptors (Lipinski definition) is 4. The summed E-state index contributed by atoms with van der Waals surface area (Å²) >= 11 is 9.72. The summed E-state index contributed by atoms with van der Waals surface area (Å²) in [4.78, 5) is 17.9. The van der Waals surface area contributed by atoms with E-state index in [1.54, 1.807) is 23.1 Å². The predicted octanol–water partition coefficient (Wildman–Crippen LogP) is 5.45. The number of carbonyl (C=O) groups excluding carboxylic acids is 1. The second-order valence-corrected chi connectivity index (χ2v) is 10.6. The Balaban J connectivity index is 1.51. The molecule has 3 nitrogen and oxygen atoms in total. The summed E-state index contributed by atoms with van der Waals surface area (Å²) in [6, 6.07) is 18.8. The molecule has 1 amide bonds. The van der Waals surface area contributed by atoms with Crippen LogP contribution in [0.1, 0.15) is 30.7 Å². The molecule has 6 heteroatoms. The topological polar surface area (TPSA) is 42.0 Å². The molecule has 2 aromatic carbocycles. The van der Waals surface area contributed by atoms with E-state index < -0.39 is 0 Å². The van der Waals surface area contributed by atoms with E-state index in [0.29, 0.717) is 5.92 Å². The van der Waals surface area contributed by atoms with E-state index in [-0.39, 0.29) is 28.5 Å². The highest BCUT2D eigenvalue weighted by Crippen LogP contribution is 2.48. The molecule has 0 bridgehead atoms. The lowest BCUT2D eigenvalue weighted by atomic mass is 9.70. The van der Waals surface area contributed by atoms with Crippen LogP contribution in [0.5, 0.6) is 0 Å². The fourth-order valence-electron chi connectivity index (χ4n) is 4.63. The number of carbonyl (C=O) groups is 1. The largest absolute Gasteiger partial charge is 0.352 e. The highest BCUT2D eigenvalue weighted by Gasteiger charge is 2.47. The maximum Gasteiger partial charge on any atom is 0.234 e. The number of alkyl halides is 1. The molecule has 1 aliphatic heterocycles. The van der Waals surface area contributed by atoms with Crippen LogP contribution in [0, 0.1) is 5.92 Å². The number of benzene rings is 2. The number of thiazole rings is 1. The molecular formula is C22H21ClN2OS2. The Kier molecular flexibility index (Phi) is 5.07. The lowest BCUT2D eigenvalue weighted by Crippen LogP contribution is -2.57. The van der Waals surface area contributed by atoms with Gasteiger partial charge in [-0.25, -0.2) is 4.98 Å². The third-order valence-corrected chi connectivity index (χ3v) is 8.72. The quantitative estimate of drug-likeness (QED) is 0.564. The minimum Gasteiger partial charge on any atom is -0.352 e. The molecular weight excluding hydrogens is 408 g/mol. The molecule has 1 saturated heterocycles. The number of hydrogen-bond donors (Lipinski definition) is 1. The Morgan fingerprint density at radius 1 is 1.07 bits per heavy atom. The van der Waals surface area contributed by atoms with Gasteiger partial charge in [0.2, 0.25) is 5.91 Å². The Morgan fingerprint density at radius 2 is 1.86 bits per heavy atom. The van der Waals surface area contributed by atoms with E-state index in [1.165, 1.54) is 5.56 Å². The molecule has 3 aromatic rings. The zero-order chi connectivity index (χ0) is 19.1. The average molecular weight is 429 g/mol. The number of nitrogens with one attached hydrogen (secondary N) is 1. The summed E-state index contributed by atoms with van der Waals surface area (Å²) in [7, 11) is 0. The van der Waals surface area contributed by atoms with Crippen molar-refractivity contribution in [3.63, 3.8) is 0 Å². The predicted molar refractivity (Wildman–Crippen MR) is 117 cm³/mol. The van der Waals surface area contributed by atoms with E-state index in [2.05, 4.69) is 35.6 Å². The van der Waals surface area contributed by atoms with Gasteiger partial charge in [-0.1, -0.05) is 54.2 Å². The summed E-state index contributed by atoms with van der Waals surface area (Å²) in [6.07, 6.45) is 2.93. The second kappa shape index (κ2) is 7.69. The molecule has 1 saturated carbocycles. The average Bonchev–Trinajstić information content (AvgIpc) is 3.12. The van der Waals surface area contributed by atoms with E-state index in [4.69, 9.17) is 16.6 Å². The smallest absolute Gasteiger partial charge is 0.234 e. The van der Waals surface area contributed by atoms with Crippen LogP contribution >= 0.6 is 34.7 Å². The van der Waals surface area contributed by atoms with E-state index in [1.807, 2.05) is 24.3 Å². The van der Waals surface area contributed by atoms with Crippen molar-refractivity contribution in [3.8, 4) is 0 Å². The van der Waals surface area contributed by atoms with Crippen molar-refractivity contribution in [3.05, 3.63) is 60.2 Å². The van der Waals surface area contributed by atoms with Crippen molar-refractivity contribution < 1.29 is 4.79 Å². The summed E-state index contributed by atoms with van der Waals surface area (Å²) in [5.41, 5.74) is 2.25. The molecule has 2 fully saturated rings. The van der Waals surface area contributed by atoms with Crippen LogP contribution < -0.4 is 5.32 Å². The Labute approximate surface area is 177 Å². The molecule has 1 aliphatic carbocycles. The van der Waals surface area contributed by atoms with Gasteiger partial charge >= 0.3 is 0 Å². The molecule has 1 N–H and O–H groups in total. The molecule has 2 aliphatic rings. The van der Waals surface area contributed by atoms with Gasteiger partial charge in [0.1, 0.15) is 0 Å². The minimum absolute atomic E-state index is 0.116. The number of aromatic nitrogens is 1. The van der Waals surface area contributed by atoms with Crippen molar-refractivity contribution in [2.24, 2.45) is 5.92 Å². The van der Waals surface area contributed by atoms with Crippen LogP contribution in [0.4, 0.5) is 0 Å². The van der Waals surface area contributed by atoms with E-state index >= 15 is 0 Å². The second-order valence-electron chi connectivity index (χ2n) is 7.61. The number of halogens is 1. The summed E-state index contributed by atoms with van der Waals surface area (Å²) in [5, 5.41) is 3.27. The standard InChI is InChI=1S/C22H21ClN2OS2/c23-14-10-11-15-17(12-14)24-21(26)20(19(15)13-6-2-1-3-7-13)28-22-25-16-8-4-5-9-18(16)27-22/h1-9,14-15,17,19-20H,10-12H2,(H,24,26). The van der Waals surface area contributed by atoms with Gasteiger partial charge in [-0.2, -0.15) is 0 Å². The minimum atomic E-state index is -0.170. The molecule has 0 radical (unpaired) electrons. The first-order valence-corrected chi connectivity index (χ1v) is 11.8. The lowest BCUT2D eigenvalue weighted by Gasteiger charge is -2.46. The zero-order valence-corrected chi connectivity index (χ0v) is 17.6. The number of fused-ring (bicyclic) bond motifs is 2. The number of piperidine rings is 1. The van der Waals surface area contributed by atoms with E-state index in [9.17, 15) is 4.79 Å². The maximum atomic E-state index is 13.2. The molecule has 1 aromatic heterocycles. The number of para-hydroxylation sites is 1. The van der Waals surface area contributed by atoms with Gasteiger partial charge in [-0.3, -0.25) is 4.79 Å². The fourth-order valence-corrected chi connectivity index (χ4v) is 7.46. The first-order chi connectivity index (χ1) is 13.7. The highest BCUT2D eigenvalue weighted by molar-refractivity contribution is 8.02. The Bertz CT molecular complexity index is 959. The SMILES string of the molecule is O=C1NC2CC(Cl)CCC2C(c2ccccc2)C1Sc1nc2ccccc2s1. The molecule has 5 unspecified atom stereocenters. The van der Waals surface area contributed by atoms with Crippen LogP contribution in [0.2, 0.25) is 0 Å². The van der Waals surface area contributed by atoms with Crippen molar-refractivity contribution in [2.45, 2.75) is 46.2 Å². The summed E-state index contributed by atoms with van der Waals surface area (Å²) in [6.45, 7) is 0. The van der Waals surface area contributed by atoms with Crippen LogP contribution in [0.25, 0.3) is 10.2 Å². The first kappa shape index (κ1) is 18.5. The van der Waals surface area contributed by atoms with Gasteiger partial charge in [0, 0.05) is 17.3 Å². The third-order valence-electron chi connectivity index (χ3n) is 5.90. The van der Waals surface area contributed by atoms with Crippen LogP contribution in [0.15, 0.2) is 58.9 Å². The number of thioether (sulfide) groups is 1. The van der Waals surface area contributed by atoms with Gasteiger partial charge in [-0.05, 0) is 42.9 Å². The number of rotatable bonds is 3. The van der Waals surface area contributed by atoms with Crippen LogP contribution in [-0.2, 0) is 4.79 Å². The van der Waals surface area contributed by atoms with Gasteiger partial charge in [0.05, 0.1) is 15.5 Å². The lowest BCUT2D eigenvalue weighted by molar-refractivity contribution is -0.124. The number of amides is 1. The van der Waals surface area contributed by atoms with Crippen molar-refractivity contribution in [1.29, 1.82) is 0 Å². The monoisotopic (exact) mass is 428 g/mol. The third kappa shape index (κ3) is 3.44. The Morgan fingerprint density at radius 3 is 2.68 bits per heavy atom. The first-order valence-electron chi connectivity index (χ1n) is 9.70. The van der Waals surface area contributed by atoms with Crippen LogP contribution in [0.3, 0.4) is 0 Å². The normalized spacial score (nSPS) is 30.0. The highest BCUT2D eigenvalue weighted by atomic mass is 35.5. The Hall–Kier alpha value is -1.56. The van der Waals surface area contributed by atoms with Gasteiger partial charge in [0.15, 0.2) is 4.34 Å². The van der Waals surface area contributed by atoms with Crippen molar-refractivity contribution in [1.82, 2.24) is 10.3 Å². The molecule has 5 rings (SSSR count). The van der Waals surface area contributed by atoms with Gasteiger partial charge in [0.25, 0.3) is 0 Å². The molecule has 28 heavy (non-hydrogen) atoms. The maximum absolute atomic E-state index is 13.2. The summed E-state index contributed by atoms with van der Waals surface area (Å²) < 4.78 is 2.13. The van der Waals surface area contributed by atoms with Crippen molar-refractivity contribution >= 4 is 50.8 Å². The molecule has 2 heterocycles. The molecule has 5 atom stereocenters.